The Morgan fingerprint density at radius 1 is 1.35 bits per heavy atom. The van der Waals surface area contributed by atoms with E-state index in [0.29, 0.717) is 25.3 Å². The van der Waals surface area contributed by atoms with Crippen molar-refractivity contribution in [3.8, 4) is 0 Å². The summed E-state index contributed by atoms with van der Waals surface area (Å²) >= 11 is 5.84. The summed E-state index contributed by atoms with van der Waals surface area (Å²) in [6.07, 6.45) is 1.96. The summed E-state index contributed by atoms with van der Waals surface area (Å²) in [5.41, 5.74) is 2.41. The molecule has 0 bridgehead atoms. The first-order valence-corrected chi connectivity index (χ1v) is 6.38. The Balaban J connectivity index is 2.11. The largest absolute Gasteiger partial charge is 0.380 e. The fourth-order valence-electron chi connectivity index (χ4n) is 1.80. The smallest absolute Gasteiger partial charge is 0.156 e. The van der Waals surface area contributed by atoms with Crippen molar-refractivity contribution in [1.29, 1.82) is 0 Å². The molecule has 0 aliphatic carbocycles. The Bertz CT molecular complexity index is 605. The first-order chi connectivity index (χ1) is 9.74. The van der Waals surface area contributed by atoms with E-state index in [1.165, 1.54) is 6.33 Å². The molecule has 0 aliphatic rings. The third kappa shape index (κ3) is 3.53. The number of carbonyl (C=O) groups is 1. The summed E-state index contributed by atoms with van der Waals surface area (Å²) in [6, 6.07) is 7.96. The normalized spacial score (nSPS) is 10.3. The zero-order valence-electron chi connectivity index (χ0n) is 11.0. The molecule has 0 atom stereocenters. The van der Waals surface area contributed by atoms with E-state index in [9.17, 15) is 4.79 Å². The summed E-state index contributed by atoms with van der Waals surface area (Å²) < 4.78 is 5.09. The van der Waals surface area contributed by atoms with Crippen LogP contribution in [-0.2, 0) is 17.9 Å². The molecule has 0 spiro atoms. The van der Waals surface area contributed by atoms with E-state index < -0.39 is 0 Å². The number of hydrogen-bond donors (Lipinski definition) is 1. The maximum atomic E-state index is 11.0. The fourth-order valence-corrected chi connectivity index (χ4v) is 1.98. The lowest BCUT2D eigenvalue weighted by Crippen LogP contribution is -2.06. The zero-order valence-corrected chi connectivity index (χ0v) is 11.7. The molecule has 1 aromatic carbocycles. The molecule has 2 rings (SSSR count). The number of rotatable bonds is 6. The van der Waals surface area contributed by atoms with E-state index in [1.807, 2.05) is 24.3 Å². The maximum absolute atomic E-state index is 11.0. The molecular weight excluding hydrogens is 278 g/mol. The van der Waals surface area contributed by atoms with Crippen LogP contribution < -0.4 is 5.32 Å². The number of nitrogens with one attached hydrogen (secondary N) is 1. The highest BCUT2D eigenvalue weighted by Gasteiger charge is 2.08. The van der Waals surface area contributed by atoms with Crippen molar-refractivity contribution in [2.24, 2.45) is 0 Å². The van der Waals surface area contributed by atoms with Crippen LogP contribution in [0.2, 0.25) is 5.15 Å². The molecular formula is C14H14ClN3O2. The lowest BCUT2D eigenvalue weighted by Gasteiger charge is -2.09. The van der Waals surface area contributed by atoms with Crippen LogP contribution in [0.15, 0.2) is 30.6 Å². The first-order valence-electron chi connectivity index (χ1n) is 6.01. The highest BCUT2D eigenvalue weighted by molar-refractivity contribution is 6.32. The van der Waals surface area contributed by atoms with Crippen LogP contribution in [0.5, 0.6) is 0 Å². The first kappa shape index (κ1) is 14.4. The van der Waals surface area contributed by atoms with Gasteiger partial charge in [0.2, 0.25) is 0 Å². The van der Waals surface area contributed by atoms with Crippen molar-refractivity contribution in [1.82, 2.24) is 9.97 Å². The van der Waals surface area contributed by atoms with Gasteiger partial charge in [-0.3, -0.25) is 4.79 Å². The van der Waals surface area contributed by atoms with Gasteiger partial charge in [-0.15, -0.1) is 0 Å². The van der Waals surface area contributed by atoms with Gasteiger partial charge in [-0.2, -0.15) is 0 Å². The number of halogens is 1. The second kappa shape index (κ2) is 6.98. The van der Waals surface area contributed by atoms with Gasteiger partial charge in [0.25, 0.3) is 0 Å². The van der Waals surface area contributed by atoms with Crippen LogP contribution in [0.1, 0.15) is 21.5 Å². The number of aldehydes is 1. The van der Waals surface area contributed by atoms with Crippen LogP contribution in [0.4, 0.5) is 5.82 Å². The van der Waals surface area contributed by atoms with E-state index in [1.54, 1.807) is 7.11 Å². The third-order valence-electron chi connectivity index (χ3n) is 2.72. The van der Waals surface area contributed by atoms with Crippen molar-refractivity contribution in [3.63, 3.8) is 0 Å². The number of hydrogen-bond acceptors (Lipinski definition) is 5. The summed E-state index contributed by atoms with van der Waals surface area (Å²) in [5.74, 6) is 0.428. The second-order valence-electron chi connectivity index (χ2n) is 4.15. The number of nitrogens with zero attached hydrogens (tertiary/aromatic N) is 2. The van der Waals surface area contributed by atoms with Gasteiger partial charge in [-0.05, 0) is 11.1 Å². The minimum absolute atomic E-state index is 0.144. The molecule has 0 unspecified atom stereocenters. The van der Waals surface area contributed by atoms with Crippen LogP contribution in [0, 0.1) is 0 Å². The van der Waals surface area contributed by atoms with Gasteiger partial charge in [0.05, 0.1) is 12.2 Å². The van der Waals surface area contributed by atoms with E-state index in [2.05, 4.69) is 15.3 Å². The Hall–Kier alpha value is -1.98. The molecule has 20 heavy (non-hydrogen) atoms. The molecule has 104 valence electrons. The standard InChI is InChI=1S/C14H14ClN3O2/c1-20-8-11-4-2-3-10(5-11)6-16-14-12(7-19)13(15)17-9-18-14/h2-5,7,9H,6,8H2,1H3,(H,16,17,18). The molecule has 0 saturated carbocycles. The molecule has 2 aromatic rings. The molecule has 0 fully saturated rings. The van der Waals surface area contributed by atoms with Crippen molar-refractivity contribution in [3.05, 3.63) is 52.4 Å². The van der Waals surface area contributed by atoms with Gasteiger partial charge in [0.1, 0.15) is 17.3 Å². The maximum Gasteiger partial charge on any atom is 0.156 e. The zero-order chi connectivity index (χ0) is 14.4. The number of ether oxygens (including phenoxy) is 1. The van der Waals surface area contributed by atoms with Crippen molar-refractivity contribution in [2.75, 3.05) is 12.4 Å². The predicted molar refractivity (Wildman–Crippen MR) is 76.9 cm³/mol. The lowest BCUT2D eigenvalue weighted by molar-refractivity contribution is 0.112. The lowest BCUT2D eigenvalue weighted by atomic mass is 10.1. The summed E-state index contributed by atoms with van der Waals surface area (Å²) in [6.45, 7) is 1.10. The van der Waals surface area contributed by atoms with Gasteiger partial charge < -0.3 is 10.1 Å². The molecule has 1 heterocycles. The van der Waals surface area contributed by atoms with E-state index in [0.717, 1.165) is 11.1 Å². The molecule has 1 N–H and O–H groups in total. The second-order valence-corrected chi connectivity index (χ2v) is 4.51. The number of anilines is 1. The van der Waals surface area contributed by atoms with Gasteiger partial charge in [-0.25, -0.2) is 9.97 Å². The van der Waals surface area contributed by atoms with E-state index in [-0.39, 0.29) is 10.7 Å². The quantitative estimate of drug-likeness (QED) is 0.655. The minimum Gasteiger partial charge on any atom is -0.380 e. The molecule has 6 heteroatoms. The number of aromatic nitrogens is 2. The van der Waals surface area contributed by atoms with Crippen LogP contribution >= 0.6 is 11.6 Å². The fraction of sp³-hybridized carbons (Fsp3) is 0.214. The monoisotopic (exact) mass is 291 g/mol. The van der Waals surface area contributed by atoms with Crippen molar-refractivity contribution < 1.29 is 9.53 Å². The summed E-state index contributed by atoms with van der Waals surface area (Å²) in [4.78, 5) is 18.8. The van der Waals surface area contributed by atoms with Crippen LogP contribution in [0.3, 0.4) is 0 Å². The van der Waals surface area contributed by atoms with Gasteiger partial charge in [-0.1, -0.05) is 35.9 Å². The molecule has 0 aliphatic heterocycles. The van der Waals surface area contributed by atoms with Gasteiger partial charge in [0.15, 0.2) is 6.29 Å². The number of benzene rings is 1. The van der Waals surface area contributed by atoms with E-state index in [4.69, 9.17) is 16.3 Å². The highest BCUT2D eigenvalue weighted by Crippen LogP contribution is 2.18. The third-order valence-corrected chi connectivity index (χ3v) is 3.02. The minimum atomic E-state index is 0.144. The number of carbonyl (C=O) groups excluding carboxylic acids is 1. The van der Waals surface area contributed by atoms with E-state index >= 15 is 0 Å². The molecule has 0 radical (unpaired) electrons. The predicted octanol–water partition coefficient (Wildman–Crippen LogP) is 2.70. The van der Waals surface area contributed by atoms with Crippen molar-refractivity contribution >= 4 is 23.7 Å². The molecule has 0 saturated heterocycles. The van der Waals surface area contributed by atoms with Crippen molar-refractivity contribution in [2.45, 2.75) is 13.2 Å². The summed E-state index contributed by atoms with van der Waals surface area (Å²) in [7, 11) is 1.66. The average Bonchev–Trinajstić information content (AvgIpc) is 2.46. The molecule has 0 amide bonds. The Labute approximate surface area is 122 Å². The summed E-state index contributed by atoms with van der Waals surface area (Å²) in [5, 5.41) is 3.23. The Morgan fingerprint density at radius 3 is 2.90 bits per heavy atom. The Morgan fingerprint density at radius 2 is 2.15 bits per heavy atom. The SMILES string of the molecule is COCc1cccc(CNc2ncnc(Cl)c2C=O)c1. The van der Waals surface area contributed by atoms with Gasteiger partial charge >= 0.3 is 0 Å². The Kier molecular flexibility index (Phi) is 5.03. The topological polar surface area (TPSA) is 64.1 Å². The highest BCUT2D eigenvalue weighted by atomic mass is 35.5. The molecule has 1 aromatic heterocycles. The molecule has 5 nitrogen and oxygen atoms in total. The van der Waals surface area contributed by atoms with Gasteiger partial charge in [0, 0.05) is 13.7 Å². The van der Waals surface area contributed by atoms with Crippen LogP contribution in [0.25, 0.3) is 0 Å². The number of methoxy groups -OCH3 is 1. The average molecular weight is 292 g/mol. The van der Waals surface area contributed by atoms with Crippen LogP contribution in [-0.4, -0.2) is 23.4 Å².